The third kappa shape index (κ3) is 2.74. The Morgan fingerprint density at radius 3 is 2.67 bits per heavy atom. The van der Waals surface area contributed by atoms with Crippen molar-refractivity contribution in [3.8, 4) is 0 Å². The van der Waals surface area contributed by atoms with Gasteiger partial charge in [-0.2, -0.15) is 0 Å². The third-order valence-electron chi connectivity index (χ3n) is 5.08. The van der Waals surface area contributed by atoms with Gasteiger partial charge in [-0.3, -0.25) is 4.90 Å². The zero-order valence-electron chi connectivity index (χ0n) is 13.7. The van der Waals surface area contributed by atoms with Gasteiger partial charge in [0.05, 0.1) is 0 Å². The summed E-state index contributed by atoms with van der Waals surface area (Å²) >= 11 is 0. The van der Waals surface area contributed by atoms with Crippen LogP contribution in [0.5, 0.6) is 0 Å². The number of benzene rings is 1. The molecule has 1 aromatic heterocycles. The van der Waals surface area contributed by atoms with Crippen molar-refractivity contribution in [1.82, 2.24) is 9.88 Å². The molecule has 0 aliphatic heterocycles. The predicted molar refractivity (Wildman–Crippen MR) is 91.0 cm³/mol. The number of hydrogen-bond donors (Lipinski definition) is 1. The van der Waals surface area contributed by atoms with Crippen LogP contribution < -0.4 is 0 Å². The van der Waals surface area contributed by atoms with Gasteiger partial charge in [-0.15, -0.1) is 0 Å². The molecule has 1 aliphatic carbocycles. The van der Waals surface area contributed by atoms with Crippen LogP contribution in [0.3, 0.4) is 0 Å². The minimum absolute atomic E-state index is 0.645. The van der Waals surface area contributed by atoms with Gasteiger partial charge < -0.3 is 4.98 Å². The molecule has 1 aromatic carbocycles. The van der Waals surface area contributed by atoms with Gasteiger partial charge in [-0.25, -0.2) is 0 Å². The number of fused-ring (bicyclic) bond motifs is 2. The lowest BCUT2D eigenvalue weighted by Gasteiger charge is -2.39. The van der Waals surface area contributed by atoms with Gasteiger partial charge in [0.1, 0.15) is 0 Å². The first-order valence-corrected chi connectivity index (χ1v) is 8.58. The lowest BCUT2D eigenvalue weighted by molar-refractivity contribution is 0.159. The summed E-state index contributed by atoms with van der Waals surface area (Å²) in [5, 5.41) is 1.36. The Balaban J connectivity index is 1.91. The van der Waals surface area contributed by atoms with E-state index in [-0.39, 0.29) is 0 Å². The largest absolute Gasteiger partial charge is 0.361 e. The number of aryl methyl sites for hydroxylation is 1. The molecule has 2 aromatic rings. The lowest BCUT2D eigenvalue weighted by atomic mass is 9.79. The highest BCUT2D eigenvalue weighted by Gasteiger charge is 2.30. The molecule has 0 saturated heterocycles. The second kappa shape index (κ2) is 6.23. The quantitative estimate of drug-likeness (QED) is 0.842. The predicted octanol–water partition coefficient (Wildman–Crippen LogP) is 4.71. The van der Waals surface area contributed by atoms with Crippen molar-refractivity contribution in [3.05, 3.63) is 35.5 Å². The normalized spacial score (nSPS) is 21.9. The Labute approximate surface area is 128 Å². The van der Waals surface area contributed by atoms with Gasteiger partial charge in [0, 0.05) is 17.8 Å². The molecule has 21 heavy (non-hydrogen) atoms. The van der Waals surface area contributed by atoms with Crippen LogP contribution in [0.1, 0.15) is 57.1 Å². The monoisotopic (exact) mass is 284 g/mol. The van der Waals surface area contributed by atoms with E-state index in [9.17, 15) is 0 Å². The summed E-state index contributed by atoms with van der Waals surface area (Å²) in [7, 11) is 0. The van der Waals surface area contributed by atoms with E-state index >= 15 is 0 Å². The SMILES string of the molecule is CCCN(CCC)C1CCc2cc3[nH]ccc3cc2C1C. The minimum Gasteiger partial charge on any atom is -0.361 e. The van der Waals surface area contributed by atoms with Crippen LogP contribution in [-0.2, 0) is 6.42 Å². The van der Waals surface area contributed by atoms with E-state index in [1.165, 1.54) is 49.7 Å². The molecule has 3 rings (SSSR count). The summed E-state index contributed by atoms with van der Waals surface area (Å²) in [6.45, 7) is 9.51. The van der Waals surface area contributed by atoms with Crippen molar-refractivity contribution in [1.29, 1.82) is 0 Å². The van der Waals surface area contributed by atoms with Crippen LogP contribution in [0.25, 0.3) is 10.9 Å². The van der Waals surface area contributed by atoms with Crippen LogP contribution >= 0.6 is 0 Å². The maximum Gasteiger partial charge on any atom is 0.0456 e. The number of aromatic amines is 1. The summed E-state index contributed by atoms with van der Waals surface area (Å²) in [6.07, 6.45) is 7.10. The van der Waals surface area contributed by atoms with E-state index in [2.05, 4.69) is 55.1 Å². The molecular weight excluding hydrogens is 256 g/mol. The second-order valence-electron chi connectivity index (χ2n) is 6.55. The first-order chi connectivity index (χ1) is 10.2. The zero-order chi connectivity index (χ0) is 14.8. The van der Waals surface area contributed by atoms with E-state index < -0.39 is 0 Å². The fourth-order valence-electron chi connectivity index (χ4n) is 4.08. The van der Waals surface area contributed by atoms with Crippen molar-refractivity contribution in [2.75, 3.05) is 13.1 Å². The molecule has 0 bridgehead atoms. The van der Waals surface area contributed by atoms with Gasteiger partial charge in [0.2, 0.25) is 0 Å². The Bertz CT molecular complexity index is 593. The summed E-state index contributed by atoms with van der Waals surface area (Å²) < 4.78 is 0. The van der Waals surface area contributed by atoms with Gasteiger partial charge >= 0.3 is 0 Å². The number of hydrogen-bond acceptors (Lipinski definition) is 1. The number of nitrogens with one attached hydrogen (secondary N) is 1. The highest BCUT2D eigenvalue weighted by Crippen LogP contribution is 2.36. The van der Waals surface area contributed by atoms with Crippen LogP contribution in [0.15, 0.2) is 24.4 Å². The number of aromatic nitrogens is 1. The third-order valence-corrected chi connectivity index (χ3v) is 5.08. The van der Waals surface area contributed by atoms with E-state index in [1.54, 1.807) is 11.1 Å². The van der Waals surface area contributed by atoms with Gasteiger partial charge in [-0.1, -0.05) is 20.8 Å². The average molecular weight is 284 g/mol. The molecule has 0 radical (unpaired) electrons. The van der Waals surface area contributed by atoms with Crippen molar-refractivity contribution < 1.29 is 0 Å². The van der Waals surface area contributed by atoms with E-state index in [1.807, 2.05) is 0 Å². The summed E-state index contributed by atoms with van der Waals surface area (Å²) in [4.78, 5) is 6.08. The maximum absolute atomic E-state index is 3.35. The summed E-state index contributed by atoms with van der Waals surface area (Å²) in [5.41, 5.74) is 4.43. The minimum atomic E-state index is 0.645. The second-order valence-corrected chi connectivity index (χ2v) is 6.55. The summed E-state index contributed by atoms with van der Waals surface area (Å²) in [5.74, 6) is 0.645. The van der Waals surface area contributed by atoms with Crippen LogP contribution in [0.2, 0.25) is 0 Å². The number of H-pyrrole nitrogens is 1. The number of rotatable bonds is 5. The van der Waals surface area contributed by atoms with Gasteiger partial charge in [-0.05, 0) is 79.4 Å². The van der Waals surface area contributed by atoms with E-state index in [0.29, 0.717) is 12.0 Å². The first kappa shape index (κ1) is 14.6. The standard InChI is InChI=1S/C19H28N2/c1-4-10-21(11-5-2)19-7-6-15-13-18-16(8-9-20-18)12-17(15)14(19)3/h8-9,12-14,19-20H,4-7,10-11H2,1-3H3. The fourth-order valence-corrected chi connectivity index (χ4v) is 4.08. The Hall–Kier alpha value is -1.28. The molecule has 1 heterocycles. The highest BCUT2D eigenvalue weighted by atomic mass is 15.2. The van der Waals surface area contributed by atoms with E-state index in [4.69, 9.17) is 0 Å². The Kier molecular flexibility index (Phi) is 4.34. The maximum atomic E-state index is 3.35. The molecule has 1 N–H and O–H groups in total. The highest BCUT2D eigenvalue weighted by molar-refractivity contribution is 5.81. The van der Waals surface area contributed by atoms with Crippen LogP contribution in [0.4, 0.5) is 0 Å². The molecule has 114 valence electrons. The van der Waals surface area contributed by atoms with Gasteiger partial charge in [0.15, 0.2) is 0 Å². The number of nitrogens with zero attached hydrogens (tertiary/aromatic N) is 1. The van der Waals surface area contributed by atoms with E-state index in [0.717, 1.165) is 0 Å². The van der Waals surface area contributed by atoms with Gasteiger partial charge in [0.25, 0.3) is 0 Å². The van der Waals surface area contributed by atoms with Crippen LogP contribution in [0, 0.1) is 0 Å². The Morgan fingerprint density at radius 1 is 1.19 bits per heavy atom. The first-order valence-electron chi connectivity index (χ1n) is 8.58. The molecule has 2 nitrogen and oxygen atoms in total. The van der Waals surface area contributed by atoms with Crippen molar-refractivity contribution in [2.45, 2.75) is 58.4 Å². The molecule has 1 aliphatic rings. The fraction of sp³-hybridized carbons (Fsp3) is 0.579. The smallest absolute Gasteiger partial charge is 0.0456 e. The molecular formula is C19H28N2. The molecule has 2 atom stereocenters. The molecule has 2 heteroatoms. The topological polar surface area (TPSA) is 19.0 Å². The molecule has 0 spiro atoms. The molecule has 0 amide bonds. The molecule has 0 fully saturated rings. The Morgan fingerprint density at radius 2 is 1.95 bits per heavy atom. The molecule has 2 unspecified atom stereocenters. The molecule has 0 saturated carbocycles. The van der Waals surface area contributed by atoms with Crippen LogP contribution in [-0.4, -0.2) is 29.0 Å². The lowest BCUT2D eigenvalue weighted by Crippen LogP contribution is -2.42. The zero-order valence-corrected chi connectivity index (χ0v) is 13.7. The van der Waals surface area contributed by atoms with Crippen molar-refractivity contribution in [3.63, 3.8) is 0 Å². The van der Waals surface area contributed by atoms with Crippen molar-refractivity contribution in [2.24, 2.45) is 0 Å². The van der Waals surface area contributed by atoms with Crippen molar-refractivity contribution >= 4 is 10.9 Å². The summed E-state index contributed by atoms with van der Waals surface area (Å²) in [6, 6.07) is 7.71. The average Bonchev–Trinajstić information content (AvgIpc) is 2.93.